The highest BCUT2D eigenvalue weighted by atomic mass is 16.5. The fraction of sp³-hybridized carbons (Fsp3) is 0.333. The van der Waals surface area contributed by atoms with Crippen LogP contribution in [0.25, 0.3) is 6.08 Å². The van der Waals surface area contributed by atoms with Gasteiger partial charge in [0.15, 0.2) is 0 Å². The SMILES string of the molecule is C=Cc1cc(OC2CC2)ccc1NC.[HH]. The second-order valence-electron chi connectivity index (χ2n) is 3.52. The number of hydrogen-bond acceptors (Lipinski definition) is 2. The molecule has 14 heavy (non-hydrogen) atoms. The molecule has 2 nitrogen and oxygen atoms in total. The van der Waals surface area contributed by atoms with Crippen molar-refractivity contribution in [3.8, 4) is 5.75 Å². The van der Waals surface area contributed by atoms with Gasteiger partial charge in [0.2, 0.25) is 0 Å². The summed E-state index contributed by atoms with van der Waals surface area (Å²) in [7, 11) is 1.91. The molecule has 0 saturated heterocycles. The van der Waals surface area contributed by atoms with Gasteiger partial charge in [-0.1, -0.05) is 12.7 Å². The summed E-state index contributed by atoms with van der Waals surface area (Å²) in [6.45, 7) is 3.78. The highest BCUT2D eigenvalue weighted by Crippen LogP contribution is 2.29. The molecule has 0 unspecified atom stereocenters. The molecule has 1 aliphatic rings. The average molecular weight is 191 g/mol. The lowest BCUT2D eigenvalue weighted by Gasteiger charge is -2.09. The van der Waals surface area contributed by atoms with Crippen molar-refractivity contribution in [2.24, 2.45) is 0 Å². The molecule has 0 aromatic heterocycles. The maximum Gasteiger partial charge on any atom is 0.120 e. The second kappa shape index (κ2) is 3.74. The molecule has 0 amide bonds. The lowest BCUT2D eigenvalue weighted by Crippen LogP contribution is -1.97. The van der Waals surface area contributed by atoms with E-state index in [4.69, 9.17) is 4.74 Å². The lowest BCUT2D eigenvalue weighted by atomic mass is 10.1. The summed E-state index contributed by atoms with van der Waals surface area (Å²) in [6, 6.07) is 6.04. The Balaban J connectivity index is 0.00000112. The zero-order chi connectivity index (χ0) is 9.97. The van der Waals surface area contributed by atoms with E-state index in [1.54, 1.807) is 0 Å². The van der Waals surface area contributed by atoms with E-state index in [-0.39, 0.29) is 1.43 Å². The van der Waals surface area contributed by atoms with Crippen LogP contribution in [0.4, 0.5) is 5.69 Å². The van der Waals surface area contributed by atoms with Crippen LogP contribution in [0.15, 0.2) is 24.8 Å². The summed E-state index contributed by atoms with van der Waals surface area (Å²) >= 11 is 0. The molecule has 0 radical (unpaired) electrons. The van der Waals surface area contributed by atoms with Crippen LogP contribution in [0.2, 0.25) is 0 Å². The first-order valence-corrected chi connectivity index (χ1v) is 4.94. The molecule has 2 heteroatoms. The topological polar surface area (TPSA) is 21.3 Å². The zero-order valence-corrected chi connectivity index (χ0v) is 8.42. The largest absolute Gasteiger partial charge is 0.490 e. The van der Waals surface area contributed by atoms with E-state index in [0.717, 1.165) is 17.0 Å². The number of anilines is 1. The summed E-state index contributed by atoms with van der Waals surface area (Å²) in [5, 5.41) is 3.12. The number of hydrogen-bond donors (Lipinski definition) is 1. The summed E-state index contributed by atoms with van der Waals surface area (Å²) in [5.74, 6) is 0.946. The van der Waals surface area contributed by atoms with Gasteiger partial charge in [0, 0.05) is 19.7 Å². The Hall–Kier alpha value is -1.44. The number of rotatable bonds is 4. The van der Waals surface area contributed by atoms with Gasteiger partial charge in [0.05, 0.1) is 6.10 Å². The Morgan fingerprint density at radius 3 is 2.93 bits per heavy atom. The molecule has 1 N–H and O–H groups in total. The van der Waals surface area contributed by atoms with Crippen LogP contribution in [-0.2, 0) is 0 Å². The van der Waals surface area contributed by atoms with Gasteiger partial charge in [0.1, 0.15) is 5.75 Å². The number of benzene rings is 1. The second-order valence-corrected chi connectivity index (χ2v) is 3.52. The normalized spacial score (nSPS) is 14.9. The number of ether oxygens (including phenoxy) is 1. The third-order valence-electron chi connectivity index (χ3n) is 2.34. The Bertz CT molecular complexity index is 347. The van der Waals surface area contributed by atoms with E-state index >= 15 is 0 Å². The Kier molecular flexibility index (Phi) is 2.44. The lowest BCUT2D eigenvalue weighted by molar-refractivity contribution is 0.303. The van der Waals surface area contributed by atoms with Crippen molar-refractivity contribution in [3.63, 3.8) is 0 Å². The minimum Gasteiger partial charge on any atom is -0.490 e. The molecular formula is C12H17NO. The number of nitrogens with one attached hydrogen (secondary N) is 1. The first-order chi connectivity index (χ1) is 6.83. The summed E-state index contributed by atoms with van der Waals surface area (Å²) < 4.78 is 5.69. The Labute approximate surface area is 86.1 Å². The van der Waals surface area contributed by atoms with Gasteiger partial charge >= 0.3 is 0 Å². The van der Waals surface area contributed by atoms with Crippen LogP contribution in [-0.4, -0.2) is 13.2 Å². The fourth-order valence-corrected chi connectivity index (χ4v) is 1.39. The van der Waals surface area contributed by atoms with Crippen molar-refractivity contribution in [2.45, 2.75) is 18.9 Å². The minimum atomic E-state index is 0. The molecule has 1 aromatic carbocycles. The smallest absolute Gasteiger partial charge is 0.120 e. The third-order valence-corrected chi connectivity index (χ3v) is 2.34. The van der Waals surface area contributed by atoms with Crippen LogP contribution >= 0.6 is 0 Å². The molecule has 2 rings (SSSR count). The molecular weight excluding hydrogens is 174 g/mol. The van der Waals surface area contributed by atoms with Crippen LogP contribution in [0.1, 0.15) is 19.8 Å². The van der Waals surface area contributed by atoms with E-state index in [1.807, 2.05) is 31.3 Å². The summed E-state index contributed by atoms with van der Waals surface area (Å²) in [4.78, 5) is 0. The molecule has 0 aliphatic heterocycles. The highest BCUT2D eigenvalue weighted by Gasteiger charge is 2.23. The standard InChI is InChI=1S/C12H15NO.H2/c1-3-9-8-11(14-10-4-5-10)6-7-12(9)13-2;/h3,6-8,10,13H,1,4-5H2,2H3;1H. The van der Waals surface area contributed by atoms with Crippen molar-refractivity contribution in [1.82, 2.24) is 0 Å². The quantitative estimate of drug-likeness (QED) is 0.789. The monoisotopic (exact) mass is 191 g/mol. The predicted molar refractivity (Wildman–Crippen MR) is 61.8 cm³/mol. The zero-order valence-electron chi connectivity index (χ0n) is 8.42. The predicted octanol–water partition coefficient (Wildman–Crippen LogP) is 3.16. The summed E-state index contributed by atoms with van der Waals surface area (Å²) in [6.07, 6.45) is 4.67. The molecule has 1 aliphatic carbocycles. The Morgan fingerprint density at radius 2 is 2.36 bits per heavy atom. The van der Waals surface area contributed by atoms with Crippen LogP contribution in [0.3, 0.4) is 0 Å². The van der Waals surface area contributed by atoms with Gasteiger partial charge < -0.3 is 10.1 Å². The Morgan fingerprint density at radius 1 is 1.57 bits per heavy atom. The van der Waals surface area contributed by atoms with Crippen LogP contribution < -0.4 is 10.1 Å². The van der Waals surface area contributed by atoms with Crippen molar-refractivity contribution in [2.75, 3.05) is 12.4 Å². The minimum absolute atomic E-state index is 0. The first kappa shape index (κ1) is 9.13. The average Bonchev–Trinajstić information content (AvgIpc) is 3.01. The van der Waals surface area contributed by atoms with Gasteiger partial charge in [0.25, 0.3) is 0 Å². The maximum absolute atomic E-state index is 5.69. The molecule has 76 valence electrons. The summed E-state index contributed by atoms with van der Waals surface area (Å²) in [5.41, 5.74) is 2.17. The fourth-order valence-electron chi connectivity index (χ4n) is 1.39. The van der Waals surface area contributed by atoms with Gasteiger partial charge in [-0.25, -0.2) is 0 Å². The van der Waals surface area contributed by atoms with Crippen LogP contribution in [0.5, 0.6) is 5.75 Å². The maximum atomic E-state index is 5.69. The van der Waals surface area contributed by atoms with Crippen molar-refractivity contribution in [1.29, 1.82) is 0 Å². The van der Waals surface area contributed by atoms with E-state index in [1.165, 1.54) is 12.8 Å². The highest BCUT2D eigenvalue weighted by molar-refractivity contribution is 5.67. The van der Waals surface area contributed by atoms with Crippen molar-refractivity contribution >= 4 is 11.8 Å². The van der Waals surface area contributed by atoms with Gasteiger partial charge in [-0.2, -0.15) is 0 Å². The van der Waals surface area contributed by atoms with Crippen LogP contribution in [0, 0.1) is 0 Å². The molecule has 1 fully saturated rings. The third kappa shape index (κ3) is 1.90. The molecule has 0 spiro atoms. The van der Waals surface area contributed by atoms with E-state index in [2.05, 4.69) is 11.9 Å². The van der Waals surface area contributed by atoms with E-state index < -0.39 is 0 Å². The van der Waals surface area contributed by atoms with Crippen molar-refractivity contribution < 1.29 is 6.16 Å². The first-order valence-electron chi connectivity index (χ1n) is 4.94. The molecule has 0 atom stereocenters. The molecule has 1 saturated carbocycles. The van der Waals surface area contributed by atoms with E-state index in [9.17, 15) is 0 Å². The van der Waals surface area contributed by atoms with Gasteiger partial charge in [-0.05, 0) is 31.0 Å². The molecule has 1 aromatic rings. The molecule has 0 bridgehead atoms. The van der Waals surface area contributed by atoms with Crippen molar-refractivity contribution in [3.05, 3.63) is 30.3 Å². The van der Waals surface area contributed by atoms with Gasteiger partial charge in [-0.3, -0.25) is 0 Å². The van der Waals surface area contributed by atoms with Gasteiger partial charge in [-0.15, -0.1) is 0 Å². The molecule has 0 heterocycles. The van der Waals surface area contributed by atoms with E-state index in [0.29, 0.717) is 6.10 Å².